The predicted molar refractivity (Wildman–Crippen MR) is 93.6 cm³/mol. The summed E-state index contributed by atoms with van der Waals surface area (Å²) in [5.41, 5.74) is 6.74. The topological polar surface area (TPSA) is 97.0 Å². The van der Waals surface area contributed by atoms with Gasteiger partial charge < -0.3 is 10.6 Å². The van der Waals surface area contributed by atoms with Crippen molar-refractivity contribution in [3.05, 3.63) is 32.6 Å². The Labute approximate surface area is 139 Å². The van der Waals surface area contributed by atoms with Gasteiger partial charge in [0, 0.05) is 31.2 Å². The molecule has 1 saturated carbocycles. The molecule has 3 N–H and O–H groups in total. The van der Waals surface area contributed by atoms with Crippen LogP contribution >= 0.6 is 0 Å². The number of aromatic nitrogens is 3. The van der Waals surface area contributed by atoms with Gasteiger partial charge >= 0.3 is 5.69 Å². The average molecular weight is 329 g/mol. The summed E-state index contributed by atoms with van der Waals surface area (Å²) in [6, 6.07) is 2.26. The van der Waals surface area contributed by atoms with Crippen LogP contribution < -0.4 is 21.9 Å². The first-order valence-electron chi connectivity index (χ1n) is 8.62. The third-order valence-electron chi connectivity index (χ3n) is 5.30. The summed E-state index contributed by atoms with van der Waals surface area (Å²) >= 11 is 0. The van der Waals surface area contributed by atoms with Gasteiger partial charge in [-0.15, -0.1) is 0 Å². The molecule has 24 heavy (non-hydrogen) atoms. The predicted octanol–water partition coefficient (Wildman–Crippen LogP) is 0.902. The lowest BCUT2D eigenvalue weighted by atomic mass is 10.0. The molecule has 1 saturated heterocycles. The van der Waals surface area contributed by atoms with Crippen LogP contribution in [0.5, 0.6) is 0 Å². The number of aryl methyl sites for hydroxylation is 1. The van der Waals surface area contributed by atoms with Crippen LogP contribution in [0.15, 0.2) is 15.7 Å². The van der Waals surface area contributed by atoms with E-state index in [9.17, 15) is 9.59 Å². The first-order valence-corrected chi connectivity index (χ1v) is 8.62. The minimum absolute atomic E-state index is 0.157. The zero-order chi connectivity index (χ0) is 17.0. The molecule has 128 valence electrons. The fraction of sp³-hybridized carbons (Fsp3) is 0.588. The molecule has 2 unspecified atom stereocenters. The van der Waals surface area contributed by atoms with E-state index in [0.29, 0.717) is 22.5 Å². The zero-order valence-electron chi connectivity index (χ0n) is 14.1. The fourth-order valence-electron chi connectivity index (χ4n) is 3.72. The van der Waals surface area contributed by atoms with Crippen molar-refractivity contribution in [3.63, 3.8) is 0 Å². The summed E-state index contributed by atoms with van der Waals surface area (Å²) < 4.78 is 1.73. The van der Waals surface area contributed by atoms with E-state index >= 15 is 0 Å². The number of nitrogens with zero attached hydrogens (tertiary/aromatic N) is 3. The van der Waals surface area contributed by atoms with Gasteiger partial charge in [0.1, 0.15) is 5.82 Å². The molecule has 2 aromatic heterocycles. The van der Waals surface area contributed by atoms with Crippen molar-refractivity contribution >= 4 is 16.7 Å². The Kier molecular flexibility index (Phi) is 3.49. The van der Waals surface area contributed by atoms with Crippen LogP contribution in [0.25, 0.3) is 10.9 Å². The summed E-state index contributed by atoms with van der Waals surface area (Å²) in [7, 11) is 0. The van der Waals surface area contributed by atoms with E-state index in [-0.39, 0.29) is 23.3 Å². The fourth-order valence-corrected chi connectivity index (χ4v) is 3.72. The second-order valence-electron chi connectivity index (χ2n) is 7.17. The van der Waals surface area contributed by atoms with E-state index < -0.39 is 0 Å². The monoisotopic (exact) mass is 329 g/mol. The van der Waals surface area contributed by atoms with E-state index in [1.165, 1.54) is 0 Å². The van der Waals surface area contributed by atoms with E-state index in [1.807, 2.05) is 19.9 Å². The Hall–Kier alpha value is -2.15. The Bertz CT molecular complexity index is 910. The summed E-state index contributed by atoms with van der Waals surface area (Å²) in [4.78, 5) is 33.8. The number of nitrogens with one attached hydrogen (secondary N) is 1. The molecule has 2 fully saturated rings. The lowest BCUT2D eigenvalue weighted by molar-refractivity contribution is 0.488. The molecule has 0 amide bonds. The maximum atomic E-state index is 12.3. The Morgan fingerprint density at radius 1 is 1.33 bits per heavy atom. The van der Waals surface area contributed by atoms with Gasteiger partial charge in [-0.05, 0) is 39.0 Å². The largest absolute Gasteiger partial charge is 0.356 e. The van der Waals surface area contributed by atoms with E-state index in [1.54, 1.807) is 4.57 Å². The van der Waals surface area contributed by atoms with Gasteiger partial charge in [-0.2, -0.15) is 0 Å². The number of pyridine rings is 1. The highest BCUT2D eigenvalue weighted by molar-refractivity contribution is 5.83. The maximum absolute atomic E-state index is 12.3. The van der Waals surface area contributed by atoms with Crippen LogP contribution in [0.3, 0.4) is 0 Å². The average Bonchev–Trinajstić information content (AvgIpc) is 3.21. The van der Waals surface area contributed by atoms with Crippen molar-refractivity contribution in [1.29, 1.82) is 0 Å². The van der Waals surface area contributed by atoms with Gasteiger partial charge in [0.05, 0.1) is 16.6 Å². The lowest BCUT2D eigenvalue weighted by Crippen LogP contribution is -2.32. The Morgan fingerprint density at radius 3 is 2.71 bits per heavy atom. The first kappa shape index (κ1) is 15.4. The Balaban J connectivity index is 1.86. The maximum Gasteiger partial charge on any atom is 0.329 e. The SMILES string of the molecule is Cc1nc(N2CCC(C(C)N)C2)cc2c1c(=O)[nH]c(=O)n2C1CC1. The smallest absolute Gasteiger partial charge is 0.329 e. The van der Waals surface area contributed by atoms with Crippen molar-refractivity contribution < 1.29 is 0 Å². The second kappa shape index (κ2) is 5.44. The van der Waals surface area contributed by atoms with Crippen LogP contribution in [-0.2, 0) is 0 Å². The second-order valence-corrected chi connectivity index (χ2v) is 7.17. The van der Waals surface area contributed by atoms with Gasteiger partial charge in [0.2, 0.25) is 0 Å². The molecule has 1 aliphatic carbocycles. The molecule has 7 heteroatoms. The van der Waals surface area contributed by atoms with Crippen LogP contribution in [0.2, 0.25) is 0 Å². The standard InChI is InChI=1S/C17H23N5O2/c1-9(18)11-5-6-21(8-11)14-7-13-15(10(2)19-14)16(23)20-17(24)22(13)12-3-4-12/h7,9,11-12H,3-6,8,18H2,1-2H3,(H,20,23,24). The molecule has 0 bridgehead atoms. The molecule has 0 radical (unpaired) electrons. The number of aromatic amines is 1. The molecule has 2 atom stereocenters. The number of H-pyrrole nitrogens is 1. The molecule has 0 aromatic carbocycles. The highest BCUT2D eigenvalue weighted by atomic mass is 16.2. The van der Waals surface area contributed by atoms with Gasteiger partial charge in [-0.1, -0.05) is 0 Å². The number of hydrogen-bond acceptors (Lipinski definition) is 5. The minimum Gasteiger partial charge on any atom is -0.356 e. The van der Waals surface area contributed by atoms with E-state index in [0.717, 1.165) is 38.2 Å². The number of nitrogens with two attached hydrogens (primary N) is 1. The number of hydrogen-bond donors (Lipinski definition) is 2. The van der Waals surface area contributed by atoms with Crippen LogP contribution in [0.1, 0.15) is 37.9 Å². The molecule has 1 aliphatic heterocycles. The summed E-state index contributed by atoms with van der Waals surface area (Å²) in [5, 5.41) is 0.521. The van der Waals surface area contributed by atoms with Gasteiger partial charge in [-0.3, -0.25) is 14.3 Å². The first-order chi connectivity index (χ1) is 11.5. The summed E-state index contributed by atoms with van der Waals surface area (Å²) in [6.07, 6.45) is 3.00. The molecule has 7 nitrogen and oxygen atoms in total. The van der Waals surface area contributed by atoms with Crippen molar-refractivity contribution in [2.75, 3.05) is 18.0 Å². The summed E-state index contributed by atoms with van der Waals surface area (Å²) in [6.45, 7) is 5.65. The number of anilines is 1. The van der Waals surface area contributed by atoms with Crippen molar-refractivity contribution in [3.8, 4) is 0 Å². The van der Waals surface area contributed by atoms with Crippen molar-refractivity contribution in [2.24, 2.45) is 11.7 Å². The van der Waals surface area contributed by atoms with Gasteiger partial charge in [0.25, 0.3) is 5.56 Å². The molecule has 2 aliphatic rings. The number of fused-ring (bicyclic) bond motifs is 1. The van der Waals surface area contributed by atoms with Crippen molar-refractivity contribution in [2.45, 2.75) is 45.2 Å². The van der Waals surface area contributed by atoms with Crippen LogP contribution in [0.4, 0.5) is 5.82 Å². The minimum atomic E-state index is -0.349. The van der Waals surface area contributed by atoms with E-state index in [4.69, 9.17) is 5.73 Å². The highest BCUT2D eigenvalue weighted by Crippen LogP contribution is 2.36. The molecule has 3 heterocycles. The summed E-state index contributed by atoms with van der Waals surface area (Å²) in [5.74, 6) is 1.29. The van der Waals surface area contributed by atoms with Crippen molar-refractivity contribution in [1.82, 2.24) is 14.5 Å². The molecule has 2 aromatic rings. The van der Waals surface area contributed by atoms with Gasteiger partial charge in [0.15, 0.2) is 0 Å². The number of rotatable bonds is 3. The highest BCUT2D eigenvalue weighted by Gasteiger charge is 2.30. The normalized spacial score (nSPS) is 22.3. The Morgan fingerprint density at radius 2 is 2.08 bits per heavy atom. The third-order valence-corrected chi connectivity index (χ3v) is 5.30. The van der Waals surface area contributed by atoms with Crippen LogP contribution in [0, 0.1) is 12.8 Å². The zero-order valence-corrected chi connectivity index (χ0v) is 14.1. The van der Waals surface area contributed by atoms with Gasteiger partial charge in [-0.25, -0.2) is 9.78 Å². The molecule has 0 spiro atoms. The molecular formula is C17H23N5O2. The third kappa shape index (κ3) is 2.43. The lowest BCUT2D eigenvalue weighted by Gasteiger charge is -2.20. The van der Waals surface area contributed by atoms with E-state index in [2.05, 4.69) is 14.9 Å². The molecular weight excluding hydrogens is 306 g/mol. The van der Waals surface area contributed by atoms with Crippen LogP contribution in [-0.4, -0.2) is 33.7 Å². The molecule has 4 rings (SSSR count). The quantitative estimate of drug-likeness (QED) is 0.872.